The van der Waals surface area contributed by atoms with Gasteiger partial charge in [-0.1, -0.05) is 12.1 Å². The van der Waals surface area contributed by atoms with Crippen LogP contribution in [0.5, 0.6) is 11.5 Å². The second-order valence-corrected chi connectivity index (χ2v) is 6.38. The van der Waals surface area contributed by atoms with Crippen molar-refractivity contribution >= 4 is 6.03 Å². The van der Waals surface area contributed by atoms with Gasteiger partial charge in [-0.2, -0.15) is 0 Å². The number of carbonyl (C=O) groups is 1. The molecule has 2 amide bonds. The Bertz CT molecular complexity index is 718. The van der Waals surface area contributed by atoms with Crippen molar-refractivity contribution in [2.75, 3.05) is 46.4 Å². The molecule has 0 spiro atoms. The van der Waals surface area contributed by atoms with E-state index in [-0.39, 0.29) is 6.03 Å². The number of urea groups is 1. The topological polar surface area (TPSA) is 66.9 Å². The Kier molecular flexibility index (Phi) is 6.87. The molecule has 2 aromatic rings. The molecule has 1 aliphatic heterocycles. The van der Waals surface area contributed by atoms with Gasteiger partial charge in [-0.3, -0.25) is 9.88 Å². The van der Waals surface area contributed by atoms with Crippen molar-refractivity contribution in [3.63, 3.8) is 0 Å². The van der Waals surface area contributed by atoms with Crippen LogP contribution in [0.3, 0.4) is 0 Å². The van der Waals surface area contributed by atoms with Crippen molar-refractivity contribution in [1.82, 2.24) is 20.1 Å². The van der Waals surface area contributed by atoms with Crippen molar-refractivity contribution < 1.29 is 14.3 Å². The number of nitrogens with one attached hydrogen (secondary N) is 1. The standard InChI is InChI=1S/C20H26N4O3/c1-26-18-5-2-6-19(14-18)27-13-12-23-8-10-24(11-9-23)20(25)22-16-17-4-3-7-21-15-17/h2-7,14-15H,8-13,16H2,1H3,(H,22,25). The second-order valence-electron chi connectivity index (χ2n) is 6.38. The Hall–Kier alpha value is -2.80. The van der Waals surface area contributed by atoms with Crippen molar-refractivity contribution in [2.24, 2.45) is 0 Å². The molecular weight excluding hydrogens is 344 g/mol. The van der Waals surface area contributed by atoms with E-state index in [1.807, 2.05) is 41.3 Å². The molecule has 1 aliphatic rings. The number of piperazine rings is 1. The SMILES string of the molecule is COc1cccc(OCCN2CCN(C(=O)NCc3cccnc3)CC2)c1. The van der Waals surface area contributed by atoms with Crippen LogP contribution in [0, 0.1) is 0 Å². The summed E-state index contributed by atoms with van der Waals surface area (Å²) in [4.78, 5) is 20.5. The lowest BCUT2D eigenvalue weighted by Gasteiger charge is -2.34. The fraction of sp³-hybridized carbons (Fsp3) is 0.400. The van der Waals surface area contributed by atoms with Gasteiger partial charge in [-0.25, -0.2) is 4.79 Å². The number of methoxy groups -OCH3 is 1. The first kappa shape index (κ1) is 19.0. The predicted molar refractivity (Wildman–Crippen MR) is 103 cm³/mol. The van der Waals surface area contributed by atoms with Crippen LogP contribution in [-0.4, -0.2) is 67.3 Å². The number of pyridine rings is 1. The highest BCUT2D eigenvalue weighted by Gasteiger charge is 2.20. The van der Waals surface area contributed by atoms with Gasteiger partial charge in [0, 0.05) is 57.7 Å². The summed E-state index contributed by atoms with van der Waals surface area (Å²) in [5.41, 5.74) is 0.999. The summed E-state index contributed by atoms with van der Waals surface area (Å²) in [6.07, 6.45) is 3.49. The maximum absolute atomic E-state index is 12.3. The lowest BCUT2D eigenvalue weighted by atomic mass is 10.3. The van der Waals surface area contributed by atoms with Crippen LogP contribution in [0.15, 0.2) is 48.8 Å². The van der Waals surface area contributed by atoms with E-state index in [1.54, 1.807) is 19.5 Å². The average molecular weight is 370 g/mol. The number of nitrogens with zero attached hydrogens (tertiary/aromatic N) is 3. The molecule has 1 aromatic heterocycles. The van der Waals surface area contributed by atoms with Crippen LogP contribution < -0.4 is 14.8 Å². The van der Waals surface area contributed by atoms with Crippen molar-refractivity contribution in [3.8, 4) is 11.5 Å². The zero-order valence-corrected chi connectivity index (χ0v) is 15.6. The first-order valence-electron chi connectivity index (χ1n) is 9.15. The third-order valence-electron chi connectivity index (χ3n) is 4.54. The van der Waals surface area contributed by atoms with Gasteiger partial charge in [0.25, 0.3) is 0 Å². The predicted octanol–water partition coefficient (Wildman–Crippen LogP) is 2.00. The van der Waals surface area contributed by atoms with Gasteiger partial charge in [-0.05, 0) is 23.8 Å². The van der Waals surface area contributed by atoms with Crippen molar-refractivity contribution in [1.29, 1.82) is 0 Å². The normalized spacial score (nSPS) is 14.6. The molecule has 2 heterocycles. The van der Waals surface area contributed by atoms with E-state index in [9.17, 15) is 4.79 Å². The molecule has 27 heavy (non-hydrogen) atoms. The Balaban J connectivity index is 1.34. The summed E-state index contributed by atoms with van der Waals surface area (Å²) >= 11 is 0. The summed E-state index contributed by atoms with van der Waals surface area (Å²) in [5.74, 6) is 1.60. The smallest absolute Gasteiger partial charge is 0.317 e. The minimum Gasteiger partial charge on any atom is -0.497 e. The number of benzene rings is 1. The first-order valence-corrected chi connectivity index (χ1v) is 9.15. The van der Waals surface area contributed by atoms with Crippen LogP contribution in [0.25, 0.3) is 0 Å². The van der Waals surface area contributed by atoms with E-state index < -0.39 is 0 Å². The lowest BCUT2D eigenvalue weighted by molar-refractivity contribution is 0.126. The largest absolute Gasteiger partial charge is 0.497 e. The molecule has 3 rings (SSSR count). The Morgan fingerprint density at radius 3 is 2.70 bits per heavy atom. The minimum absolute atomic E-state index is 0.0221. The van der Waals surface area contributed by atoms with Gasteiger partial charge in [0.1, 0.15) is 18.1 Å². The molecule has 0 atom stereocenters. The average Bonchev–Trinajstić information content (AvgIpc) is 2.73. The van der Waals surface area contributed by atoms with E-state index in [0.717, 1.165) is 49.8 Å². The molecule has 1 fully saturated rings. The van der Waals surface area contributed by atoms with E-state index in [1.165, 1.54) is 0 Å². The number of carbonyl (C=O) groups excluding carboxylic acids is 1. The quantitative estimate of drug-likeness (QED) is 0.807. The Morgan fingerprint density at radius 1 is 1.15 bits per heavy atom. The molecule has 1 saturated heterocycles. The number of amides is 2. The zero-order chi connectivity index (χ0) is 18.9. The highest BCUT2D eigenvalue weighted by molar-refractivity contribution is 5.74. The summed E-state index contributed by atoms with van der Waals surface area (Å²) in [6, 6.07) is 11.4. The number of hydrogen-bond acceptors (Lipinski definition) is 5. The third-order valence-corrected chi connectivity index (χ3v) is 4.54. The Labute approximate surface area is 159 Å². The van der Waals surface area contributed by atoms with Gasteiger partial charge < -0.3 is 19.7 Å². The van der Waals surface area contributed by atoms with Crippen molar-refractivity contribution in [3.05, 3.63) is 54.4 Å². The van der Waals surface area contributed by atoms with E-state index in [4.69, 9.17) is 9.47 Å². The molecule has 7 nitrogen and oxygen atoms in total. The van der Waals surface area contributed by atoms with Gasteiger partial charge in [-0.15, -0.1) is 0 Å². The molecule has 0 radical (unpaired) electrons. The summed E-state index contributed by atoms with van der Waals surface area (Å²) < 4.78 is 11.0. The molecule has 1 N–H and O–H groups in total. The first-order chi connectivity index (χ1) is 13.2. The number of aromatic nitrogens is 1. The summed E-state index contributed by atoms with van der Waals surface area (Å²) in [5, 5.41) is 2.95. The number of hydrogen-bond donors (Lipinski definition) is 1. The highest BCUT2D eigenvalue weighted by atomic mass is 16.5. The molecule has 1 aromatic carbocycles. The highest BCUT2D eigenvalue weighted by Crippen LogP contribution is 2.18. The molecule has 0 saturated carbocycles. The maximum atomic E-state index is 12.3. The molecular formula is C20H26N4O3. The van der Waals surface area contributed by atoms with Crippen LogP contribution >= 0.6 is 0 Å². The Morgan fingerprint density at radius 2 is 1.96 bits per heavy atom. The minimum atomic E-state index is -0.0221. The maximum Gasteiger partial charge on any atom is 0.317 e. The fourth-order valence-electron chi connectivity index (χ4n) is 2.95. The third kappa shape index (κ3) is 5.86. The lowest BCUT2D eigenvalue weighted by Crippen LogP contribution is -2.52. The van der Waals surface area contributed by atoms with Gasteiger partial charge >= 0.3 is 6.03 Å². The van der Waals surface area contributed by atoms with E-state index in [0.29, 0.717) is 13.2 Å². The van der Waals surface area contributed by atoms with E-state index >= 15 is 0 Å². The van der Waals surface area contributed by atoms with Gasteiger partial charge in [0.2, 0.25) is 0 Å². The fourth-order valence-corrected chi connectivity index (χ4v) is 2.95. The molecule has 144 valence electrons. The summed E-state index contributed by atoms with van der Waals surface area (Å²) in [6.45, 7) is 5.09. The molecule has 0 aliphatic carbocycles. The number of rotatable bonds is 7. The van der Waals surface area contributed by atoms with Crippen LogP contribution in [-0.2, 0) is 6.54 Å². The summed E-state index contributed by atoms with van der Waals surface area (Å²) in [7, 11) is 1.64. The van der Waals surface area contributed by atoms with Gasteiger partial charge in [0.05, 0.1) is 7.11 Å². The van der Waals surface area contributed by atoms with Crippen LogP contribution in [0.4, 0.5) is 4.79 Å². The second kappa shape index (κ2) is 9.78. The molecule has 7 heteroatoms. The van der Waals surface area contributed by atoms with Crippen LogP contribution in [0.2, 0.25) is 0 Å². The van der Waals surface area contributed by atoms with Crippen LogP contribution in [0.1, 0.15) is 5.56 Å². The van der Waals surface area contributed by atoms with Crippen molar-refractivity contribution in [2.45, 2.75) is 6.54 Å². The number of ether oxygens (including phenoxy) is 2. The van der Waals surface area contributed by atoms with Gasteiger partial charge in [0.15, 0.2) is 0 Å². The zero-order valence-electron chi connectivity index (χ0n) is 15.6. The van der Waals surface area contributed by atoms with E-state index in [2.05, 4.69) is 15.2 Å². The monoisotopic (exact) mass is 370 g/mol. The molecule has 0 bridgehead atoms. The molecule has 0 unspecified atom stereocenters.